The number of amides is 2. The van der Waals surface area contributed by atoms with Crippen molar-refractivity contribution in [3.8, 4) is 0 Å². The van der Waals surface area contributed by atoms with Crippen molar-refractivity contribution >= 4 is 27.5 Å². The zero-order valence-corrected chi connectivity index (χ0v) is 17.2. The Balaban J connectivity index is 1.72. The van der Waals surface area contributed by atoms with Crippen molar-refractivity contribution in [1.29, 1.82) is 0 Å². The summed E-state index contributed by atoms with van der Waals surface area (Å²) in [5, 5.41) is 0. The zero-order chi connectivity index (χ0) is 21.5. The first-order valence-corrected chi connectivity index (χ1v) is 10.7. The van der Waals surface area contributed by atoms with Gasteiger partial charge < -0.3 is 0 Å². The molecule has 0 spiro atoms. The number of nitrogens with one attached hydrogen (secondary N) is 1. The van der Waals surface area contributed by atoms with Crippen LogP contribution in [0.2, 0.25) is 0 Å². The fourth-order valence-corrected chi connectivity index (χ4v) is 4.46. The highest BCUT2D eigenvalue weighted by Gasteiger charge is 2.39. The smallest absolute Gasteiger partial charge is 0.264 e. The molecule has 1 aromatic heterocycles. The number of carbonyl (C=O) groups is 2. The van der Waals surface area contributed by atoms with Gasteiger partial charge in [-0.3, -0.25) is 24.2 Å². The summed E-state index contributed by atoms with van der Waals surface area (Å²) < 4.78 is 28.1. The van der Waals surface area contributed by atoms with E-state index in [2.05, 4.69) is 9.71 Å². The highest BCUT2D eigenvalue weighted by Crippen LogP contribution is 2.34. The Bertz CT molecular complexity index is 1250. The minimum absolute atomic E-state index is 0.0593. The third kappa shape index (κ3) is 3.46. The zero-order valence-electron chi connectivity index (χ0n) is 16.4. The molecule has 2 aromatic carbocycles. The number of anilines is 1. The number of imide groups is 1. The monoisotopic (exact) mass is 421 g/mol. The molecule has 7 nitrogen and oxygen atoms in total. The molecule has 1 aliphatic rings. The molecular formula is C22H19N3O4S. The first-order valence-electron chi connectivity index (χ1n) is 9.26. The quantitative estimate of drug-likeness (QED) is 0.638. The molecule has 0 radical (unpaired) electrons. The van der Waals surface area contributed by atoms with Gasteiger partial charge in [0.25, 0.3) is 21.8 Å². The van der Waals surface area contributed by atoms with Gasteiger partial charge in [0.05, 0.1) is 28.3 Å². The summed E-state index contributed by atoms with van der Waals surface area (Å²) in [6.45, 7) is 3.64. The number of nitrogens with zero attached hydrogens (tertiary/aromatic N) is 2. The number of hydrogen-bond acceptors (Lipinski definition) is 5. The number of benzene rings is 2. The topological polar surface area (TPSA) is 96.4 Å². The summed E-state index contributed by atoms with van der Waals surface area (Å²) in [6.07, 6.45) is 3.19. The molecule has 1 N–H and O–H groups in total. The van der Waals surface area contributed by atoms with E-state index >= 15 is 0 Å². The lowest BCUT2D eigenvalue weighted by molar-refractivity contribution is 0.0642. The van der Waals surface area contributed by atoms with Gasteiger partial charge in [-0.1, -0.05) is 29.8 Å². The Morgan fingerprint density at radius 1 is 0.933 bits per heavy atom. The van der Waals surface area contributed by atoms with Gasteiger partial charge >= 0.3 is 0 Å². The van der Waals surface area contributed by atoms with Crippen LogP contribution in [0.3, 0.4) is 0 Å². The van der Waals surface area contributed by atoms with Crippen LogP contribution in [0.25, 0.3) is 0 Å². The maximum absolute atomic E-state index is 13.1. The molecule has 0 fully saturated rings. The van der Waals surface area contributed by atoms with E-state index in [0.29, 0.717) is 11.1 Å². The number of aryl methyl sites for hydroxylation is 2. The number of aromatic nitrogens is 1. The van der Waals surface area contributed by atoms with Crippen LogP contribution in [-0.2, 0) is 16.6 Å². The molecule has 3 aromatic rings. The fourth-order valence-electron chi connectivity index (χ4n) is 3.39. The Labute approximate surface area is 174 Å². The van der Waals surface area contributed by atoms with Gasteiger partial charge in [0.15, 0.2) is 0 Å². The third-order valence-electron chi connectivity index (χ3n) is 4.97. The van der Waals surface area contributed by atoms with Crippen LogP contribution >= 0.6 is 0 Å². The number of hydrogen-bond donors (Lipinski definition) is 1. The summed E-state index contributed by atoms with van der Waals surface area (Å²) >= 11 is 0. The molecule has 2 heterocycles. The normalized spacial score (nSPS) is 13.5. The summed E-state index contributed by atoms with van der Waals surface area (Å²) in [5.74, 6) is -0.989. The molecule has 152 valence electrons. The second-order valence-corrected chi connectivity index (χ2v) is 8.84. The number of carbonyl (C=O) groups excluding carboxylic acids is 2. The molecule has 4 rings (SSSR count). The lowest BCUT2D eigenvalue weighted by atomic mass is 10.0. The molecule has 0 saturated heterocycles. The van der Waals surface area contributed by atoms with E-state index in [1.165, 1.54) is 18.2 Å². The van der Waals surface area contributed by atoms with E-state index in [0.717, 1.165) is 10.5 Å². The van der Waals surface area contributed by atoms with Crippen LogP contribution in [0.5, 0.6) is 0 Å². The number of sulfonamides is 1. The van der Waals surface area contributed by atoms with Crippen molar-refractivity contribution in [1.82, 2.24) is 9.88 Å². The van der Waals surface area contributed by atoms with Crippen LogP contribution in [0.15, 0.2) is 65.8 Å². The largest absolute Gasteiger partial charge is 0.279 e. The Kier molecular flexibility index (Phi) is 4.87. The SMILES string of the molecule is Cc1ccc(S(=O)(=O)Nc2ccc(C)c3c2C(=O)N(Cc2cccnc2)C3=O)cc1. The second-order valence-electron chi connectivity index (χ2n) is 7.16. The molecule has 30 heavy (non-hydrogen) atoms. The van der Waals surface area contributed by atoms with Crippen molar-refractivity contribution < 1.29 is 18.0 Å². The van der Waals surface area contributed by atoms with Crippen molar-refractivity contribution in [2.45, 2.75) is 25.3 Å². The van der Waals surface area contributed by atoms with Crippen molar-refractivity contribution in [3.63, 3.8) is 0 Å². The summed E-state index contributed by atoms with van der Waals surface area (Å²) in [7, 11) is -3.92. The predicted molar refractivity (Wildman–Crippen MR) is 112 cm³/mol. The van der Waals surface area contributed by atoms with Gasteiger partial charge in [-0.15, -0.1) is 0 Å². The first-order chi connectivity index (χ1) is 14.3. The van der Waals surface area contributed by atoms with Crippen LogP contribution in [0.4, 0.5) is 5.69 Å². The minimum Gasteiger partial charge on any atom is -0.279 e. The van der Waals surface area contributed by atoms with E-state index in [4.69, 9.17) is 0 Å². The maximum atomic E-state index is 13.1. The van der Waals surface area contributed by atoms with Gasteiger partial charge in [0.1, 0.15) is 0 Å². The van der Waals surface area contributed by atoms with E-state index in [-0.39, 0.29) is 28.3 Å². The Morgan fingerprint density at radius 2 is 1.63 bits per heavy atom. The molecule has 8 heteroatoms. The van der Waals surface area contributed by atoms with Crippen molar-refractivity contribution in [2.24, 2.45) is 0 Å². The van der Waals surface area contributed by atoms with Crippen LogP contribution in [0, 0.1) is 13.8 Å². The van der Waals surface area contributed by atoms with E-state index in [9.17, 15) is 18.0 Å². The number of rotatable bonds is 5. The Morgan fingerprint density at radius 3 is 2.30 bits per heavy atom. The first kappa shape index (κ1) is 19.8. The average Bonchev–Trinajstić information content (AvgIpc) is 2.97. The summed E-state index contributed by atoms with van der Waals surface area (Å²) in [6, 6.07) is 13.0. The summed E-state index contributed by atoms with van der Waals surface area (Å²) in [4.78, 5) is 31.3. The molecule has 1 aliphatic heterocycles. The van der Waals surface area contributed by atoms with Crippen LogP contribution in [-0.4, -0.2) is 30.1 Å². The average molecular weight is 421 g/mol. The highest BCUT2D eigenvalue weighted by atomic mass is 32.2. The van der Waals surface area contributed by atoms with Crippen molar-refractivity contribution in [2.75, 3.05) is 4.72 Å². The number of pyridine rings is 1. The Hall–Kier alpha value is -3.52. The minimum atomic E-state index is -3.92. The molecule has 0 unspecified atom stereocenters. The van der Waals surface area contributed by atoms with Crippen molar-refractivity contribution in [3.05, 3.63) is 88.7 Å². The standard InChI is InChI=1S/C22H19N3O4S/c1-14-5-8-17(9-6-14)30(28,29)24-18-10-7-15(2)19-20(18)22(27)25(21(19)26)13-16-4-3-11-23-12-16/h3-12,24H,13H2,1-2H3. The maximum Gasteiger partial charge on any atom is 0.264 e. The van der Waals surface area contributed by atoms with Gasteiger partial charge in [-0.05, 0) is 49.2 Å². The summed E-state index contributed by atoms with van der Waals surface area (Å²) in [5.41, 5.74) is 2.61. The van der Waals surface area contributed by atoms with Crippen LogP contribution in [0.1, 0.15) is 37.4 Å². The van der Waals surface area contributed by atoms with Gasteiger partial charge in [0, 0.05) is 12.4 Å². The van der Waals surface area contributed by atoms with E-state index in [1.54, 1.807) is 49.6 Å². The van der Waals surface area contributed by atoms with E-state index in [1.807, 2.05) is 6.92 Å². The molecule has 0 bridgehead atoms. The third-order valence-corrected chi connectivity index (χ3v) is 6.35. The number of fused-ring (bicyclic) bond motifs is 1. The lowest BCUT2D eigenvalue weighted by Crippen LogP contribution is -2.29. The molecule has 2 amide bonds. The lowest BCUT2D eigenvalue weighted by Gasteiger charge is -2.14. The molecule has 0 saturated carbocycles. The van der Waals surface area contributed by atoms with Gasteiger partial charge in [-0.25, -0.2) is 8.42 Å². The molecular weight excluding hydrogens is 402 g/mol. The van der Waals surface area contributed by atoms with E-state index < -0.39 is 21.8 Å². The molecule has 0 atom stereocenters. The van der Waals surface area contributed by atoms with Gasteiger partial charge in [-0.2, -0.15) is 0 Å². The fraction of sp³-hybridized carbons (Fsp3) is 0.136. The predicted octanol–water partition coefficient (Wildman–Crippen LogP) is 3.30. The highest BCUT2D eigenvalue weighted by molar-refractivity contribution is 7.92. The second kappa shape index (κ2) is 7.38. The van der Waals surface area contributed by atoms with Crippen LogP contribution < -0.4 is 4.72 Å². The van der Waals surface area contributed by atoms with Gasteiger partial charge in [0.2, 0.25) is 0 Å². The molecule has 0 aliphatic carbocycles.